The Balaban J connectivity index is 3.18. The summed E-state index contributed by atoms with van der Waals surface area (Å²) in [7, 11) is 1.26. The number of hydrogen-bond acceptors (Lipinski definition) is 2. The van der Waals surface area contributed by atoms with E-state index in [1.807, 2.05) is 0 Å². The summed E-state index contributed by atoms with van der Waals surface area (Å²) in [5.74, 6) is -2.07. The molecule has 1 unspecified atom stereocenters. The van der Waals surface area contributed by atoms with Crippen LogP contribution in [0.1, 0.15) is 11.5 Å². The van der Waals surface area contributed by atoms with E-state index in [0.717, 1.165) is 0 Å². The largest absolute Gasteiger partial charge is 0.496 e. The van der Waals surface area contributed by atoms with Crippen molar-refractivity contribution >= 4 is 6.29 Å². The van der Waals surface area contributed by atoms with Crippen molar-refractivity contribution in [3.8, 4) is 5.75 Å². The molecule has 0 aliphatic carbocycles. The lowest BCUT2D eigenvalue weighted by atomic mass is 9.99. The highest BCUT2D eigenvalue weighted by Crippen LogP contribution is 2.37. The van der Waals surface area contributed by atoms with Crippen LogP contribution in [0, 0.1) is 0 Å². The minimum absolute atomic E-state index is 0.0620. The standard InChI is InChI=1S/C10H9F3O2/c1-15-9-5-3-2-4-7(9)8(6-14)10(11,12)13/h2-6,8H,1H3. The topological polar surface area (TPSA) is 26.3 Å². The van der Waals surface area contributed by atoms with Gasteiger partial charge in [-0.3, -0.25) is 0 Å². The van der Waals surface area contributed by atoms with E-state index < -0.39 is 12.1 Å². The molecule has 1 aromatic carbocycles. The number of carbonyl (C=O) groups excluding carboxylic acids is 1. The molecule has 0 aliphatic rings. The highest BCUT2D eigenvalue weighted by atomic mass is 19.4. The first-order valence-electron chi connectivity index (χ1n) is 4.15. The fourth-order valence-electron chi connectivity index (χ4n) is 1.25. The van der Waals surface area contributed by atoms with Gasteiger partial charge in [-0.25, -0.2) is 0 Å². The molecule has 0 spiro atoms. The van der Waals surface area contributed by atoms with Gasteiger partial charge in [-0.05, 0) is 6.07 Å². The molecular weight excluding hydrogens is 209 g/mol. The van der Waals surface area contributed by atoms with Crippen LogP contribution >= 0.6 is 0 Å². The van der Waals surface area contributed by atoms with Crippen molar-refractivity contribution in [2.24, 2.45) is 0 Å². The van der Waals surface area contributed by atoms with Crippen molar-refractivity contribution in [3.63, 3.8) is 0 Å². The molecule has 1 rings (SSSR count). The zero-order chi connectivity index (χ0) is 11.5. The lowest BCUT2D eigenvalue weighted by molar-refractivity contribution is -0.156. The van der Waals surface area contributed by atoms with E-state index in [1.54, 1.807) is 6.07 Å². The number of alkyl halides is 3. The Bertz CT molecular complexity index is 347. The van der Waals surface area contributed by atoms with E-state index in [2.05, 4.69) is 0 Å². The van der Waals surface area contributed by atoms with Crippen LogP contribution in [-0.4, -0.2) is 19.6 Å². The van der Waals surface area contributed by atoms with Crippen molar-refractivity contribution in [2.45, 2.75) is 12.1 Å². The average Bonchev–Trinajstić information content (AvgIpc) is 2.17. The number of aldehydes is 1. The van der Waals surface area contributed by atoms with E-state index >= 15 is 0 Å². The van der Waals surface area contributed by atoms with Gasteiger partial charge in [-0.1, -0.05) is 18.2 Å². The van der Waals surface area contributed by atoms with Crippen molar-refractivity contribution in [1.82, 2.24) is 0 Å². The van der Waals surface area contributed by atoms with Gasteiger partial charge in [0.1, 0.15) is 18.0 Å². The third kappa shape index (κ3) is 2.49. The summed E-state index contributed by atoms with van der Waals surface area (Å²) in [6, 6.07) is 5.59. The van der Waals surface area contributed by atoms with Gasteiger partial charge in [-0.15, -0.1) is 0 Å². The first kappa shape index (κ1) is 11.6. The number of rotatable bonds is 3. The molecule has 0 bridgehead atoms. The third-order valence-electron chi connectivity index (χ3n) is 1.96. The third-order valence-corrected chi connectivity index (χ3v) is 1.96. The summed E-state index contributed by atoms with van der Waals surface area (Å²) in [5, 5.41) is 0. The molecule has 0 fully saturated rings. The maximum Gasteiger partial charge on any atom is 0.402 e. The van der Waals surface area contributed by atoms with Gasteiger partial charge in [0, 0.05) is 5.56 Å². The second-order valence-corrected chi connectivity index (χ2v) is 2.90. The number of ether oxygens (including phenoxy) is 1. The summed E-state index contributed by atoms with van der Waals surface area (Å²) < 4.78 is 42.1. The lowest BCUT2D eigenvalue weighted by Gasteiger charge is -2.17. The van der Waals surface area contributed by atoms with Gasteiger partial charge in [0.15, 0.2) is 0 Å². The van der Waals surface area contributed by atoms with E-state index in [0.29, 0.717) is 0 Å². The number of halogens is 3. The maximum absolute atomic E-state index is 12.4. The number of hydrogen-bond donors (Lipinski definition) is 0. The predicted molar refractivity (Wildman–Crippen MR) is 47.9 cm³/mol. The quantitative estimate of drug-likeness (QED) is 0.729. The summed E-state index contributed by atoms with van der Waals surface area (Å²) in [4.78, 5) is 10.4. The van der Waals surface area contributed by atoms with Gasteiger partial charge >= 0.3 is 6.18 Å². The van der Waals surface area contributed by atoms with E-state index in [4.69, 9.17) is 4.74 Å². The zero-order valence-corrected chi connectivity index (χ0v) is 7.91. The van der Waals surface area contributed by atoms with Crippen LogP contribution in [-0.2, 0) is 4.79 Å². The van der Waals surface area contributed by atoms with Crippen LogP contribution in [0.2, 0.25) is 0 Å². The van der Waals surface area contributed by atoms with Crippen molar-refractivity contribution in [1.29, 1.82) is 0 Å². The smallest absolute Gasteiger partial charge is 0.402 e. The molecule has 2 nitrogen and oxygen atoms in total. The SMILES string of the molecule is COc1ccccc1C(C=O)C(F)(F)F. The van der Waals surface area contributed by atoms with Crippen LogP contribution in [0.3, 0.4) is 0 Å². The van der Waals surface area contributed by atoms with E-state index in [1.165, 1.54) is 25.3 Å². The van der Waals surface area contributed by atoms with Crippen LogP contribution in [0.15, 0.2) is 24.3 Å². The zero-order valence-electron chi connectivity index (χ0n) is 7.91. The van der Waals surface area contributed by atoms with Crippen LogP contribution in [0.4, 0.5) is 13.2 Å². The summed E-state index contributed by atoms with van der Waals surface area (Å²) in [6.07, 6.45) is -4.71. The Morgan fingerprint density at radius 3 is 2.40 bits per heavy atom. The van der Waals surface area contributed by atoms with Crippen molar-refractivity contribution < 1.29 is 22.7 Å². The Morgan fingerprint density at radius 1 is 1.33 bits per heavy atom. The number of benzene rings is 1. The molecule has 82 valence electrons. The van der Waals surface area contributed by atoms with Crippen molar-refractivity contribution in [3.05, 3.63) is 29.8 Å². The predicted octanol–water partition coefficient (Wildman–Crippen LogP) is 2.54. The molecular formula is C10H9F3O2. The second kappa shape index (κ2) is 4.33. The van der Waals surface area contributed by atoms with Crippen LogP contribution in [0.25, 0.3) is 0 Å². The molecule has 5 heteroatoms. The second-order valence-electron chi connectivity index (χ2n) is 2.90. The van der Waals surface area contributed by atoms with Gasteiger partial charge in [0.25, 0.3) is 0 Å². The maximum atomic E-state index is 12.4. The average molecular weight is 218 g/mol. The Kier molecular flexibility index (Phi) is 3.34. The van der Waals surface area contributed by atoms with E-state index in [9.17, 15) is 18.0 Å². The minimum atomic E-state index is -4.59. The first-order chi connectivity index (χ1) is 7.00. The molecule has 0 saturated carbocycles. The highest BCUT2D eigenvalue weighted by molar-refractivity contribution is 5.65. The van der Waals surface area contributed by atoms with Gasteiger partial charge in [0.05, 0.1) is 7.11 Å². The number of methoxy groups -OCH3 is 1. The summed E-state index contributed by atoms with van der Waals surface area (Å²) >= 11 is 0. The lowest BCUT2D eigenvalue weighted by Crippen LogP contribution is -2.22. The molecule has 15 heavy (non-hydrogen) atoms. The minimum Gasteiger partial charge on any atom is -0.496 e. The highest BCUT2D eigenvalue weighted by Gasteiger charge is 2.41. The molecule has 0 aromatic heterocycles. The first-order valence-corrected chi connectivity index (χ1v) is 4.15. The molecule has 1 aromatic rings. The molecule has 0 saturated heterocycles. The van der Waals surface area contributed by atoms with Crippen LogP contribution < -0.4 is 4.74 Å². The van der Waals surface area contributed by atoms with Gasteiger partial charge < -0.3 is 9.53 Å². The monoisotopic (exact) mass is 218 g/mol. The Morgan fingerprint density at radius 2 is 1.93 bits per heavy atom. The van der Waals surface area contributed by atoms with Gasteiger partial charge in [-0.2, -0.15) is 13.2 Å². The van der Waals surface area contributed by atoms with Crippen molar-refractivity contribution in [2.75, 3.05) is 7.11 Å². The molecule has 0 heterocycles. The van der Waals surface area contributed by atoms with Crippen LogP contribution in [0.5, 0.6) is 5.75 Å². The van der Waals surface area contributed by atoms with Gasteiger partial charge in [0.2, 0.25) is 0 Å². The molecule has 0 aliphatic heterocycles. The Hall–Kier alpha value is -1.52. The van der Waals surface area contributed by atoms with E-state index in [-0.39, 0.29) is 17.6 Å². The molecule has 0 amide bonds. The fourth-order valence-corrected chi connectivity index (χ4v) is 1.25. The molecule has 1 atom stereocenters. The normalized spacial score (nSPS) is 13.3. The summed E-state index contributed by atoms with van der Waals surface area (Å²) in [5.41, 5.74) is -0.164. The summed E-state index contributed by atoms with van der Waals surface area (Å²) in [6.45, 7) is 0. The Labute approximate surface area is 84.7 Å². The molecule has 0 N–H and O–H groups in total. The number of para-hydroxylation sites is 1. The fraction of sp³-hybridized carbons (Fsp3) is 0.300. The molecule has 0 radical (unpaired) electrons. The number of carbonyl (C=O) groups is 1.